The monoisotopic (exact) mass is 840 g/mol. The molecule has 5 heterocycles. The predicted molar refractivity (Wildman–Crippen MR) is 251 cm³/mol. The molecule has 0 fully saturated rings. The van der Waals surface area contributed by atoms with Crippen molar-refractivity contribution in [1.29, 1.82) is 0 Å². The van der Waals surface area contributed by atoms with Gasteiger partial charge in [-0.3, -0.25) is 0 Å². The standard InChI is InChI=1S/C56H56N4.Fe/c1-29-21-33(5)49(34(6)22-29)53-41-13-15-43(57-41)54(50-35(7)23-30(2)24-36(50)8)45-17-19-47(59-45)56(52-39(11)27-32(4)28-40(52)12)48-20-18-46(60-48)55(44-16-14-42(53)58-44)51-37(9)25-31(3)26-38(51)10;/h13-28,57-60H,1-12H3;. The van der Waals surface area contributed by atoms with Crippen molar-refractivity contribution in [2.75, 3.05) is 0 Å². The smallest absolute Gasteiger partial charge is 0.0486 e. The van der Waals surface area contributed by atoms with Crippen molar-refractivity contribution in [2.45, 2.75) is 83.1 Å². The normalized spacial score (nSPS) is 12.7. The van der Waals surface area contributed by atoms with Gasteiger partial charge in [-0.15, -0.1) is 0 Å². The zero-order valence-electron chi connectivity index (χ0n) is 37.6. The first-order chi connectivity index (χ1) is 28.7. The van der Waals surface area contributed by atoms with E-state index in [0.29, 0.717) is 0 Å². The molecule has 8 aromatic rings. The number of fused-ring (bicyclic) bond motifs is 8. The fourth-order valence-corrected chi connectivity index (χ4v) is 10.7. The van der Waals surface area contributed by atoms with Crippen LogP contribution in [-0.4, -0.2) is 19.9 Å². The van der Waals surface area contributed by atoms with Gasteiger partial charge in [-0.25, -0.2) is 0 Å². The second kappa shape index (κ2) is 15.8. The van der Waals surface area contributed by atoms with E-state index in [9.17, 15) is 0 Å². The van der Waals surface area contributed by atoms with E-state index in [1.807, 2.05) is 0 Å². The summed E-state index contributed by atoms with van der Waals surface area (Å²) in [5, 5.41) is 4.27. The van der Waals surface area contributed by atoms with Crippen LogP contribution in [-0.2, 0) is 17.1 Å². The van der Waals surface area contributed by atoms with E-state index in [-0.39, 0.29) is 17.1 Å². The molecule has 61 heavy (non-hydrogen) atoms. The van der Waals surface area contributed by atoms with Gasteiger partial charge in [0.25, 0.3) is 0 Å². The first-order valence-corrected chi connectivity index (χ1v) is 21.3. The van der Waals surface area contributed by atoms with Crippen LogP contribution in [0.15, 0.2) is 97.1 Å². The number of nitrogens with one attached hydrogen (secondary N) is 4. The molecule has 0 aliphatic carbocycles. The van der Waals surface area contributed by atoms with E-state index < -0.39 is 0 Å². The molecule has 4 aromatic heterocycles. The van der Waals surface area contributed by atoms with Gasteiger partial charge in [-0.05, 0) is 198 Å². The average molecular weight is 841 g/mol. The van der Waals surface area contributed by atoms with Crippen LogP contribution in [0.2, 0.25) is 0 Å². The van der Waals surface area contributed by atoms with Gasteiger partial charge in [0.2, 0.25) is 0 Å². The van der Waals surface area contributed by atoms with Crippen LogP contribution in [0.25, 0.3) is 22.3 Å². The molecule has 9 rings (SSSR count). The van der Waals surface area contributed by atoms with Gasteiger partial charge in [0.15, 0.2) is 0 Å². The molecule has 0 saturated carbocycles. The number of aromatic nitrogens is 4. The van der Waals surface area contributed by atoms with E-state index in [4.69, 9.17) is 0 Å². The summed E-state index contributed by atoms with van der Waals surface area (Å²) in [6.45, 7) is 26.7. The summed E-state index contributed by atoms with van der Waals surface area (Å²) in [6.07, 6.45) is 0. The van der Waals surface area contributed by atoms with Crippen molar-refractivity contribution in [1.82, 2.24) is 19.9 Å². The number of H-pyrrole nitrogens is 4. The number of aromatic amines is 4. The van der Waals surface area contributed by atoms with Gasteiger partial charge < -0.3 is 19.9 Å². The average Bonchev–Trinajstić information content (AvgIpc) is 3.99. The molecule has 308 valence electrons. The summed E-state index contributed by atoms with van der Waals surface area (Å²) in [6, 6.07) is 36.7. The minimum Gasteiger partial charge on any atom is -0.354 e. The molecule has 4 aromatic carbocycles. The van der Waals surface area contributed by atoms with E-state index in [0.717, 1.165) is 66.5 Å². The molecule has 0 atom stereocenters. The van der Waals surface area contributed by atoms with Crippen LogP contribution in [0, 0.1) is 83.1 Å². The van der Waals surface area contributed by atoms with Gasteiger partial charge in [-0.1, -0.05) is 70.8 Å². The molecule has 5 heteroatoms. The number of rotatable bonds is 4. The Kier molecular flexibility index (Phi) is 10.8. The summed E-state index contributed by atoms with van der Waals surface area (Å²) < 4.78 is 0. The quantitative estimate of drug-likeness (QED) is 0.128. The second-order valence-corrected chi connectivity index (χ2v) is 17.7. The molecule has 4 nitrogen and oxygen atoms in total. The first-order valence-electron chi connectivity index (χ1n) is 21.3. The third kappa shape index (κ3) is 7.24. The van der Waals surface area contributed by atoms with E-state index in [1.54, 1.807) is 0 Å². The molecule has 0 amide bonds. The van der Waals surface area contributed by atoms with Crippen LogP contribution >= 0.6 is 0 Å². The number of aryl methyl sites for hydroxylation is 12. The Balaban J connectivity index is 0.00000514. The van der Waals surface area contributed by atoms with Crippen molar-refractivity contribution in [3.8, 4) is 0 Å². The van der Waals surface area contributed by atoms with Gasteiger partial charge in [0.05, 0.1) is 0 Å². The Morgan fingerprint density at radius 3 is 0.607 bits per heavy atom. The Labute approximate surface area is 370 Å². The SMILES string of the molecule is Cc1cc(C)c(C2=c3ccc([nH]3)=C(c3c(C)cc(C)cc3C)c3ccc([nH]3)C(c3c(C)cc(C)cc3C)=c3ccc([nH]3)=C(c3c(C)cc(C)cc3C)c3ccc2[nH]3)c(C)c1.[Fe]. The molecule has 8 bridgehead atoms. The van der Waals surface area contributed by atoms with Crippen molar-refractivity contribution >= 4 is 22.3 Å². The fourth-order valence-electron chi connectivity index (χ4n) is 10.7. The first kappa shape index (κ1) is 41.7. The zero-order chi connectivity index (χ0) is 42.3. The molecule has 1 aliphatic heterocycles. The zero-order valence-corrected chi connectivity index (χ0v) is 38.7. The summed E-state index contributed by atoms with van der Waals surface area (Å²) in [5.41, 5.74) is 28.9. The number of hydrogen-bond donors (Lipinski definition) is 4. The summed E-state index contributed by atoms with van der Waals surface area (Å²) in [5.74, 6) is 0. The van der Waals surface area contributed by atoms with Gasteiger partial charge >= 0.3 is 0 Å². The van der Waals surface area contributed by atoms with Gasteiger partial charge in [0.1, 0.15) is 0 Å². The molecular formula is C56H56FeN4. The Hall–Kier alpha value is -6.00. The Bertz CT molecular complexity index is 2810. The maximum Gasteiger partial charge on any atom is 0.0486 e. The van der Waals surface area contributed by atoms with Crippen molar-refractivity contribution in [3.05, 3.63) is 230 Å². The molecule has 0 saturated heterocycles. The summed E-state index contributed by atoms with van der Waals surface area (Å²) in [4.78, 5) is 16.1. The fraction of sp³-hybridized carbons (Fsp3) is 0.214. The predicted octanol–water partition coefficient (Wildman–Crippen LogP) is 10.0. The number of hydrogen-bond acceptors (Lipinski definition) is 0. The minimum absolute atomic E-state index is 0. The third-order valence-electron chi connectivity index (χ3n) is 12.6. The molecule has 4 N–H and O–H groups in total. The third-order valence-corrected chi connectivity index (χ3v) is 12.6. The van der Waals surface area contributed by atoms with Crippen LogP contribution in [0.1, 0.15) is 112 Å². The van der Waals surface area contributed by atoms with Crippen LogP contribution in [0.3, 0.4) is 0 Å². The van der Waals surface area contributed by atoms with Crippen molar-refractivity contribution in [3.63, 3.8) is 0 Å². The Morgan fingerprint density at radius 2 is 0.426 bits per heavy atom. The summed E-state index contributed by atoms with van der Waals surface area (Å²) >= 11 is 0. The van der Waals surface area contributed by atoms with Crippen LogP contribution < -0.4 is 21.4 Å². The van der Waals surface area contributed by atoms with Gasteiger partial charge in [0, 0.05) is 83.5 Å². The van der Waals surface area contributed by atoms with E-state index >= 15 is 0 Å². The van der Waals surface area contributed by atoms with Gasteiger partial charge in [-0.2, -0.15) is 0 Å². The van der Waals surface area contributed by atoms with Crippen molar-refractivity contribution in [2.24, 2.45) is 0 Å². The largest absolute Gasteiger partial charge is 0.354 e. The topological polar surface area (TPSA) is 63.2 Å². The molecule has 0 spiro atoms. The van der Waals surface area contributed by atoms with Crippen LogP contribution in [0.5, 0.6) is 0 Å². The van der Waals surface area contributed by atoms with E-state index in [2.05, 4.69) is 200 Å². The molecular weight excluding hydrogens is 784 g/mol. The second-order valence-electron chi connectivity index (χ2n) is 17.7. The minimum atomic E-state index is 0. The maximum absolute atomic E-state index is 4.03. The molecule has 0 unspecified atom stereocenters. The molecule has 1 aliphatic rings. The Morgan fingerprint density at radius 1 is 0.246 bits per heavy atom. The number of benzene rings is 4. The summed E-state index contributed by atoms with van der Waals surface area (Å²) in [7, 11) is 0. The van der Waals surface area contributed by atoms with Crippen LogP contribution in [0.4, 0.5) is 0 Å². The van der Waals surface area contributed by atoms with Crippen molar-refractivity contribution < 1.29 is 17.1 Å². The molecule has 0 radical (unpaired) electrons. The maximum atomic E-state index is 4.03. The van der Waals surface area contributed by atoms with E-state index in [1.165, 1.54) is 89.0 Å².